The number of nitrogens with one attached hydrogen (secondary N) is 2. The molecule has 0 spiro atoms. The zero-order valence-electron chi connectivity index (χ0n) is 10.5. The molecule has 1 aromatic rings. The largest absolute Gasteiger partial charge is 0.383 e. The summed E-state index contributed by atoms with van der Waals surface area (Å²) in [4.78, 5) is 11.6. The highest BCUT2D eigenvalue weighted by atomic mass is 127. The van der Waals surface area contributed by atoms with Crippen molar-refractivity contribution in [2.24, 2.45) is 0 Å². The molecule has 0 aliphatic carbocycles. The molecule has 0 bridgehead atoms. The van der Waals surface area contributed by atoms with E-state index >= 15 is 0 Å². The first-order chi connectivity index (χ1) is 8.13. The van der Waals surface area contributed by atoms with Crippen LogP contribution in [0.4, 0.5) is 5.69 Å². The van der Waals surface area contributed by atoms with Crippen molar-refractivity contribution < 1.29 is 9.53 Å². The monoisotopic (exact) mass is 384 g/mol. The van der Waals surface area contributed by atoms with Crippen molar-refractivity contribution in [3.63, 3.8) is 0 Å². The average Bonchev–Trinajstić information content (AvgIpc) is 2.30. The topological polar surface area (TPSA) is 50.4 Å². The first kappa shape index (κ1) is 17.6. The lowest BCUT2D eigenvalue weighted by Crippen LogP contribution is -2.30. The molecule has 0 unspecified atom stereocenters. The van der Waals surface area contributed by atoms with Gasteiger partial charge in [0, 0.05) is 22.9 Å². The lowest BCUT2D eigenvalue weighted by atomic mass is 10.2. The van der Waals surface area contributed by atoms with E-state index in [9.17, 15) is 4.79 Å². The number of carbonyl (C=O) groups excluding carboxylic acids is 1. The van der Waals surface area contributed by atoms with Crippen molar-refractivity contribution in [1.29, 1.82) is 0 Å². The van der Waals surface area contributed by atoms with Crippen LogP contribution >= 0.6 is 35.0 Å². The Hall–Kier alpha value is -0.370. The second-order valence-corrected chi connectivity index (χ2v) is 4.84. The average molecular weight is 385 g/mol. The Labute approximate surface area is 127 Å². The highest BCUT2D eigenvalue weighted by Gasteiger charge is 2.02. The molecule has 1 rings (SSSR count). The minimum Gasteiger partial charge on any atom is -0.383 e. The van der Waals surface area contributed by atoms with Crippen molar-refractivity contribution in [2.75, 3.05) is 32.1 Å². The van der Waals surface area contributed by atoms with E-state index in [2.05, 4.69) is 33.2 Å². The summed E-state index contributed by atoms with van der Waals surface area (Å²) in [6.07, 6.45) is 0. The van der Waals surface area contributed by atoms with E-state index in [1.165, 1.54) is 5.56 Å². The summed E-state index contributed by atoms with van der Waals surface area (Å²) >= 11 is 2.25. The summed E-state index contributed by atoms with van der Waals surface area (Å²) in [6.45, 7) is 3.62. The van der Waals surface area contributed by atoms with Crippen LogP contribution in [0.5, 0.6) is 0 Å². The number of benzene rings is 1. The van der Waals surface area contributed by atoms with E-state index in [1.807, 2.05) is 25.1 Å². The molecule has 0 aliphatic rings. The highest BCUT2D eigenvalue weighted by molar-refractivity contribution is 14.1. The van der Waals surface area contributed by atoms with Gasteiger partial charge in [0.05, 0.1) is 13.2 Å². The SMILES string of the molecule is COCCNCC(=O)Nc1ccc(C)c(I)c1.Cl. The van der Waals surface area contributed by atoms with Crippen LogP contribution in [0.2, 0.25) is 0 Å². The number of carbonyl (C=O) groups is 1. The number of halogens is 2. The van der Waals surface area contributed by atoms with Gasteiger partial charge in [-0.25, -0.2) is 0 Å². The second-order valence-electron chi connectivity index (χ2n) is 3.68. The minimum atomic E-state index is -0.0410. The van der Waals surface area contributed by atoms with Gasteiger partial charge < -0.3 is 15.4 Å². The molecule has 1 amide bonds. The summed E-state index contributed by atoms with van der Waals surface area (Å²) in [5.74, 6) is -0.0410. The van der Waals surface area contributed by atoms with Crippen LogP contribution in [0, 0.1) is 10.5 Å². The smallest absolute Gasteiger partial charge is 0.238 e. The number of hydrogen-bond donors (Lipinski definition) is 2. The molecule has 0 fully saturated rings. The van der Waals surface area contributed by atoms with Gasteiger partial charge in [-0.05, 0) is 47.2 Å². The third-order valence-electron chi connectivity index (χ3n) is 2.22. The Morgan fingerprint density at radius 1 is 1.44 bits per heavy atom. The lowest BCUT2D eigenvalue weighted by Gasteiger charge is -2.07. The molecule has 0 heterocycles. The molecule has 0 aromatic heterocycles. The van der Waals surface area contributed by atoms with Crippen LogP contribution < -0.4 is 10.6 Å². The molecule has 18 heavy (non-hydrogen) atoms. The van der Waals surface area contributed by atoms with Crippen LogP contribution in [-0.4, -0.2) is 32.7 Å². The second kappa shape index (κ2) is 9.55. The molecule has 0 atom stereocenters. The fourth-order valence-electron chi connectivity index (χ4n) is 1.25. The van der Waals surface area contributed by atoms with Gasteiger partial charge in [-0.1, -0.05) is 6.07 Å². The van der Waals surface area contributed by atoms with Gasteiger partial charge in [-0.15, -0.1) is 12.4 Å². The Balaban J connectivity index is 0.00000289. The maximum Gasteiger partial charge on any atom is 0.238 e. The van der Waals surface area contributed by atoms with Gasteiger partial charge >= 0.3 is 0 Å². The van der Waals surface area contributed by atoms with Crippen molar-refractivity contribution in [3.8, 4) is 0 Å². The zero-order chi connectivity index (χ0) is 12.7. The molecule has 0 aliphatic heterocycles. The van der Waals surface area contributed by atoms with Gasteiger partial charge in [-0.3, -0.25) is 4.79 Å². The molecular formula is C12H18ClIN2O2. The van der Waals surface area contributed by atoms with E-state index in [1.54, 1.807) is 7.11 Å². The van der Waals surface area contributed by atoms with Crippen molar-refractivity contribution in [3.05, 3.63) is 27.3 Å². The maximum absolute atomic E-state index is 11.6. The van der Waals surface area contributed by atoms with Crippen LogP contribution in [0.25, 0.3) is 0 Å². The first-order valence-corrected chi connectivity index (χ1v) is 6.47. The van der Waals surface area contributed by atoms with E-state index in [0.717, 1.165) is 9.26 Å². The third kappa shape index (κ3) is 6.53. The fourth-order valence-corrected chi connectivity index (χ4v) is 1.77. The Morgan fingerprint density at radius 3 is 2.78 bits per heavy atom. The number of ether oxygens (including phenoxy) is 1. The number of methoxy groups -OCH3 is 1. The molecule has 4 nitrogen and oxygen atoms in total. The molecule has 0 radical (unpaired) electrons. The summed E-state index contributed by atoms with van der Waals surface area (Å²) in [5, 5.41) is 5.83. The fraction of sp³-hybridized carbons (Fsp3) is 0.417. The van der Waals surface area contributed by atoms with Crippen LogP contribution in [0.15, 0.2) is 18.2 Å². The van der Waals surface area contributed by atoms with Gasteiger partial charge in [0.1, 0.15) is 0 Å². The van der Waals surface area contributed by atoms with Crippen molar-refractivity contribution in [2.45, 2.75) is 6.92 Å². The number of amides is 1. The highest BCUT2D eigenvalue weighted by Crippen LogP contribution is 2.16. The molecule has 2 N–H and O–H groups in total. The summed E-state index contributed by atoms with van der Waals surface area (Å²) in [7, 11) is 1.63. The summed E-state index contributed by atoms with van der Waals surface area (Å²) in [6, 6.07) is 5.86. The van der Waals surface area contributed by atoms with Crippen LogP contribution in [0.1, 0.15) is 5.56 Å². The van der Waals surface area contributed by atoms with Gasteiger partial charge in [0.15, 0.2) is 0 Å². The van der Waals surface area contributed by atoms with Crippen molar-refractivity contribution in [1.82, 2.24) is 5.32 Å². The quantitative estimate of drug-likeness (QED) is 0.584. The number of rotatable bonds is 6. The number of hydrogen-bond acceptors (Lipinski definition) is 3. The number of anilines is 1. The van der Waals surface area contributed by atoms with E-state index in [0.29, 0.717) is 19.7 Å². The minimum absolute atomic E-state index is 0. The predicted molar refractivity (Wildman–Crippen MR) is 84.5 cm³/mol. The van der Waals surface area contributed by atoms with Gasteiger partial charge in [0.25, 0.3) is 0 Å². The normalized spacial score (nSPS) is 9.72. The molecule has 0 saturated heterocycles. The molecule has 102 valence electrons. The molecule has 0 saturated carbocycles. The van der Waals surface area contributed by atoms with Crippen LogP contribution in [-0.2, 0) is 9.53 Å². The molecule has 6 heteroatoms. The predicted octanol–water partition coefficient (Wildman–Crippen LogP) is 2.20. The standard InChI is InChI=1S/C12H17IN2O2.ClH/c1-9-3-4-10(7-11(9)13)15-12(16)8-14-5-6-17-2;/h3-4,7,14H,5-6,8H2,1-2H3,(H,15,16);1H. The summed E-state index contributed by atoms with van der Waals surface area (Å²) in [5.41, 5.74) is 2.04. The Kier molecular flexibility index (Phi) is 9.35. The van der Waals surface area contributed by atoms with Gasteiger partial charge in [0.2, 0.25) is 5.91 Å². The van der Waals surface area contributed by atoms with E-state index in [4.69, 9.17) is 4.74 Å². The van der Waals surface area contributed by atoms with Crippen LogP contribution in [0.3, 0.4) is 0 Å². The first-order valence-electron chi connectivity index (χ1n) is 5.39. The van der Waals surface area contributed by atoms with E-state index in [-0.39, 0.29) is 18.3 Å². The third-order valence-corrected chi connectivity index (χ3v) is 3.39. The van der Waals surface area contributed by atoms with E-state index < -0.39 is 0 Å². The van der Waals surface area contributed by atoms with Crippen molar-refractivity contribution >= 4 is 46.6 Å². The maximum atomic E-state index is 11.6. The lowest BCUT2D eigenvalue weighted by molar-refractivity contribution is -0.115. The number of aryl methyl sites for hydroxylation is 1. The Bertz CT molecular complexity index is 388. The molecule has 1 aromatic carbocycles. The Morgan fingerprint density at radius 2 is 2.17 bits per heavy atom. The zero-order valence-corrected chi connectivity index (χ0v) is 13.4. The summed E-state index contributed by atoms with van der Waals surface area (Å²) < 4.78 is 6.02. The molecular weight excluding hydrogens is 367 g/mol. The van der Waals surface area contributed by atoms with Gasteiger partial charge in [-0.2, -0.15) is 0 Å².